The first kappa shape index (κ1) is 16.2. The first-order valence-electron chi connectivity index (χ1n) is 6.41. The number of azo groups is 1. The van der Waals surface area contributed by atoms with Crippen LogP contribution in [-0.4, -0.2) is 45.3 Å². The van der Waals surface area contributed by atoms with Crippen molar-refractivity contribution in [2.24, 2.45) is 10.2 Å². The molecule has 10 heteroatoms. The molecule has 0 amide bonds. The zero-order valence-corrected chi connectivity index (χ0v) is 12.5. The van der Waals surface area contributed by atoms with Gasteiger partial charge in [-0.3, -0.25) is 15.0 Å². The van der Waals surface area contributed by atoms with E-state index < -0.39 is 35.3 Å². The number of allylic oxidation sites excluding steroid dienone is 2. The predicted octanol–water partition coefficient (Wildman–Crippen LogP) is 0.830. The highest BCUT2D eigenvalue weighted by atomic mass is 16.5. The molecule has 1 atom stereocenters. The van der Waals surface area contributed by atoms with Gasteiger partial charge in [0.2, 0.25) is 5.88 Å². The molecule has 1 aromatic heterocycles. The third kappa shape index (κ3) is 2.78. The molecule has 0 bridgehead atoms. The number of aromatic hydroxyl groups is 1. The maximum Gasteiger partial charge on any atom is 0.375 e. The fraction of sp³-hybridized carbons (Fsp3) is 0.308. The van der Waals surface area contributed by atoms with E-state index in [-0.39, 0.29) is 11.6 Å². The molecule has 0 radical (unpaired) electrons. The summed E-state index contributed by atoms with van der Waals surface area (Å²) in [4.78, 5) is 39.8. The van der Waals surface area contributed by atoms with Crippen molar-refractivity contribution in [1.29, 1.82) is 5.41 Å². The number of methoxy groups -OCH3 is 1. The summed E-state index contributed by atoms with van der Waals surface area (Å²) in [6, 6.07) is 0. The van der Waals surface area contributed by atoms with Crippen LogP contribution in [-0.2, 0) is 19.1 Å². The van der Waals surface area contributed by atoms with Crippen molar-refractivity contribution >= 4 is 29.4 Å². The summed E-state index contributed by atoms with van der Waals surface area (Å²) < 4.78 is 5.20. The summed E-state index contributed by atoms with van der Waals surface area (Å²) in [5.74, 6) is -6.06. The molecule has 120 valence electrons. The smallest absolute Gasteiger partial charge is 0.375 e. The Hall–Kier alpha value is -3.17. The van der Waals surface area contributed by atoms with Crippen molar-refractivity contribution < 1.29 is 24.2 Å². The Kier molecular flexibility index (Phi) is 4.16. The third-order valence-corrected chi connectivity index (χ3v) is 2.94. The molecule has 1 aliphatic heterocycles. The number of esters is 1. The number of imidazole rings is 1. The summed E-state index contributed by atoms with van der Waals surface area (Å²) in [5, 5.41) is 24.6. The van der Waals surface area contributed by atoms with Crippen molar-refractivity contribution in [3.05, 3.63) is 17.3 Å². The number of carbonyl (C=O) groups excluding carboxylic acids is 3. The van der Waals surface area contributed by atoms with Crippen molar-refractivity contribution in [1.82, 2.24) is 9.55 Å². The standard InChI is InChI=1S/C13H13N5O5/c1-5(2)4-6(19)7(9(20)11(22)23-3)8-10(21)18-12(14)16-17-13(18)15-8/h4,7,14,21H,1-3H3. The van der Waals surface area contributed by atoms with Crippen molar-refractivity contribution in [2.45, 2.75) is 19.8 Å². The van der Waals surface area contributed by atoms with Crippen LogP contribution in [0, 0.1) is 5.41 Å². The number of nitrogens with zero attached hydrogens (tertiary/aromatic N) is 4. The van der Waals surface area contributed by atoms with Crippen LogP contribution in [0.15, 0.2) is 21.9 Å². The molecule has 2 N–H and O–H groups in total. The molecule has 10 nitrogen and oxygen atoms in total. The van der Waals surface area contributed by atoms with E-state index in [0.717, 1.165) is 17.8 Å². The van der Waals surface area contributed by atoms with Gasteiger partial charge < -0.3 is 9.84 Å². The van der Waals surface area contributed by atoms with E-state index in [4.69, 9.17) is 5.41 Å². The lowest BCUT2D eigenvalue weighted by Crippen LogP contribution is -2.29. The van der Waals surface area contributed by atoms with Crippen molar-refractivity contribution in [2.75, 3.05) is 7.11 Å². The number of aromatic nitrogens is 2. The normalized spacial score (nSPS) is 13.4. The Morgan fingerprint density at radius 2 is 1.96 bits per heavy atom. The van der Waals surface area contributed by atoms with Crippen LogP contribution >= 0.6 is 0 Å². The lowest BCUT2D eigenvalue weighted by molar-refractivity contribution is -0.153. The molecule has 23 heavy (non-hydrogen) atoms. The van der Waals surface area contributed by atoms with Gasteiger partial charge in [0.1, 0.15) is 11.6 Å². The molecule has 1 aliphatic rings. The molecule has 1 aromatic rings. The zero-order chi connectivity index (χ0) is 17.3. The van der Waals surface area contributed by atoms with Gasteiger partial charge >= 0.3 is 5.97 Å². The number of fused-ring (bicyclic) bond motifs is 1. The summed E-state index contributed by atoms with van der Waals surface area (Å²) >= 11 is 0. The van der Waals surface area contributed by atoms with E-state index in [9.17, 15) is 19.5 Å². The molecule has 0 aromatic carbocycles. The summed E-state index contributed by atoms with van der Waals surface area (Å²) in [7, 11) is 1.000. The fourth-order valence-corrected chi connectivity index (χ4v) is 1.98. The van der Waals surface area contributed by atoms with E-state index in [1.54, 1.807) is 13.8 Å². The molecular formula is C13H13N5O5. The molecule has 1 unspecified atom stereocenters. The molecule has 2 heterocycles. The van der Waals surface area contributed by atoms with Crippen LogP contribution in [0.5, 0.6) is 5.88 Å². The van der Waals surface area contributed by atoms with Gasteiger partial charge in [0.05, 0.1) is 7.11 Å². The van der Waals surface area contributed by atoms with E-state index in [2.05, 4.69) is 19.9 Å². The molecular weight excluding hydrogens is 306 g/mol. The molecule has 0 aliphatic carbocycles. The Bertz CT molecular complexity index is 785. The van der Waals surface area contributed by atoms with Crippen LogP contribution in [0.4, 0.5) is 5.95 Å². The van der Waals surface area contributed by atoms with Crippen LogP contribution in [0.1, 0.15) is 25.5 Å². The average molecular weight is 319 g/mol. The zero-order valence-electron chi connectivity index (χ0n) is 12.5. The Balaban J connectivity index is 2.57. The van der Waals surface area contributed by atoms with Crippen LogP contribution in [0.2, 0.25) is 0 Å². The highest BCUT2D eigenvalue weighted by Gasteiger charge is 2.39. The van der Waals surface area contributed by atoms with Gasteiger partial charge in [-0.15, -0.1) is 10.2 Å². The minimum atomic E-state index is -1.68. The summed E-state index contributed by atoms with van der Waals surface area (Å²) in [6.07, 6.45) is 1.16. The molecule has 0 saturated carbocycles. The van der Waals surface area contributed by atoms with Crippen molar-refractivity contribution in [3.8, 4) is 5.88 Å². The summed E-state index contributed by atoms with van der Waals surface area (Å²) in [5.41, 5.74) is 0.220. The van der Waals surface area contributed by atoms with E-state index in [0.29, 0.717) is 5.57 Å². The summed E-state index contributed by atoms with van der Waals surface area (Å²) in [6.45, 7) is 3.27. The second-order valence-electron chi connectivity index (χ2n) is 4.89. The van der Waals surface area contributed by atoms with Gasteiger partial charge in [-0.25, -0.2) is 14.3 Å². The second-order valence-corrected chi connectivity index (χ2v) is 4.89. The molecule has 0 spiro atoms. The second kappa shape index (κ2) is 5.91. The largest absolute Gasteiger partial charge is 0.493 e. The Morgan fingerprint density at radius 1 is 1.30 bits per heavy atom. The van der Waals surface area contributed by atoms with Crippen LogP contribution in [0.25, 0.3) is 0 Å². The first-order chi connectivity index (χ1) is 10.8. The minimum absolute atomic E-state index is 0.157. The number of ketones is 2. The van der Waals surface area contributed by atoms with Gasteiger partial charge in [-0.05, 0) is 19.9 Å². The molecule has 2 rings (SSSR count). The third-order valence-electron chi connectivity index (χ3n) is 2.94. The Morgan fingerprint density at radius 3 is 2.48 bits per heavy atom. The lowest BCUT2D eigenvalue weighted by Gasteiger charge is -2.10. The number of carbonyl (C=O) groups is 3. The number of rotatable bonds is 5. The minimum Gasteiger partial charge on any atom is -0.493 e. The Labute approximate surface area is 130 Å². The number of hydrogen-bond acceptors (Lipinski definition) is 8. The number of nitrogens with one attached hydrogen (secondary N) is 1. The van der Waals surface area contributed by atoms with Gasteiger partial charge in [0.25, 0.3) is 17.7 Å². The number of Topliss-reactive ketones (excluding diaryl/α,β-unsaturated/α-hetero) is 1. The van der Waals surface area contributed by atoms with E-state index >= 15 is 0 Å². The maximum atomic E-state index is 12.3. The van der Waals surface area contributed by atoms with Gasteiger partial charge in [0, 0.05) is 0 Å². The van der Waals surface area contributed by atoms with Gasteiger partial charge in [-0.1, -0.05) is 5.57 Å². The van der Waals surface area contributed by atoms with E-state index in [1.807, 2.05) is 0 Å². The number of hydrogen-bond donors (Lipinski definition) is 2. The van der Waals surface area contributed by atoms with Gasteiger partial charge in [-0.2, -0.15) is 0 Å². The monoisotopic (exact) mass is 319 g/mol. The highest BCUT2D eigenvalue weighted by molar-refractivity contribution is 6.41. The lowest BCUT2D eigenvalue weighted by atomic mass is 9.94. The molecule has 0 fully saturated rings. The quantitative estimate of drug-likeness (QED) is 0.355. The fourth-order valence-electron chi connectivity index (χ4n) is 1.98. The van der Waals surface area contributed by atoms with Gasteiger partial charge in [0.15, 0.2) is 5.78 Å². The van der Waals surface area contributed by atoms with Crippen molar-refractivity contribution in [3.63, 3.8) is 0 Å². The average Bonchev–Trinajstić information content (AvgIpc) is 2.99. The predicted molar refractivity (Wildman–Crippen MR) is 75.7 cm³/mol. The number of ether oxygens (including phenoxy) is 1. The molecule has 0 saturated heterocycles. The SMILES string of the molecule is COC(=O)C(=O)C(C(=O)C=C(C)C)c1nc2n(c1O)C(=N)N=N2. The first-order valence-corrected chi connectivity index (χ1v) is 6.41. The highest BCUT2D eigenvalue weighted by Crippen LogP contribution is 2.34. The topological polar surface area (TPSA) is 147 Å². The maximum absolute atomic E-state index is 12.3. The van der Waals surface area contributed by atoms with Crippen LogP contribution in [0.3, 0.4) is 0 Å². The van der Waals surface area contributed by atoms with E-state index in [1.165, 1.54) is 0 Å². The van der Waals surface area contributed by atoms with Crippen LogP contribution < -0.4 is 0 Å².